The van der Waals surface area contributed by atoms with Crippen LogP contribution in [0.4, 0.5) is 13.2 Å². The number of halogens is 3. The largest absolute Gasteiger partial charge is 0.494 e. The monoisotopic (exact) mass is 641 g/mol. The topological polar surface area (TPSA) is 57.7 Å². The number of aromatic nitrogens is 1. The molecule has 0 saturated carbocycles. The van der Waals surface area contributed by atoms with E-state index in [4.69, 9.17) is 14.2 Å². The zero-order valence-corrected chi connectivity index (χ0v) is 27.5. The van der Waals surface area contributed by atoms with E-state index in [-0.39, 0.29) is 12.6 Å². The van der Waals surface area contributed by atoms with Crippen molar-refractivity contribution in [2.75, 3.05) is 19.8 Å². The predicted octanol–water partition coefficient (Wildman–Crippen LogP) is 11.0. The average molecular weight is 642 g/mol. The Morgan fingerprint density at radius 1 is 0.674 bits per heavy atom. The first kappa shape index (κ1) is 37.1. The fourth-order valence-corrected chi connectivity index (χ4v) is 5.02. The highest BCUT2D eigenvalue weighted by molar-refractivity contribution is 5.90. The van der Waals surface area contributed by atoms with Gasteiger partial charge in [-0.3, -0.25) is 4.98 Å². The number of hydrogen-bond acceptors (Lipinski definition) is 5. The van der Waals surface area contributed by atoms with Crippen molar-refractivity contribution in [3.05, 3.63) is 72.4 Å². The standard InChI is InChI=1S/C38H50F3NO4/c1-3-4-5-6-7-8-10-14-27-45-35-23-20-31(21-24-35)34-22-25-36(42-29-34)32-16-18-33(19-17-32)37(43)46-28-15-12-9-11-13-26-44-30(2)38(39,40)41/h16-25,29-30H,3-15,26-28H2,1-2H3. The maximum absolute atomic E-state index is 12.4. The molecule has 0 radical (unpaired) electrons. The van der Waals surface area contributed by atoms with Crippen LogP contribution in [0.15, 0.2) is 66.9 Å². The van der Waals surface area contributed by atoms with E-state index in [0.717, 1.165) is 67.3 Å². The third-order valence-corrected chi connectivity index (χ3v) is 7.98. The molecule has 3 rings (SSSR count). The van der Waals surface area contributed by atoms with Crippen LogP contribution in [0.1, 0.15) is 108 Å². The molecule has 0 aliphatic rings. The molecule has 5 nitrogen and oxygen atoms in total. The van der Waals surface area contributed by atoms with Gasteiger partial charge in [0.1, 0.15) is 5.75 Å². The van der Waals surface area contributed by atoms with Gasteiger partial charge in [-0.25, -0.2) is 4.79 Å². The van der Waals surface area contributed by atoms with E-state index in [2.05, 4.69) is 24.0 Å². The second-order valence-electron chi connectivity index (χ2n) is 11.8. The molecular weight excluding hydrogens is 591 g/mol. The Labute approximate surface area is 272 Å². The molecule has 1 heterocycles. The normalized spacial score (nSPS) is 12.2. The maximum Gasteiger partial charge on any atom is 0.414 e. The van der Waals surface area contributed by atoms with Gasteiger partial charge in [-0.1, -0.05) is 101 Å². The number of alkyl halides is 3. The fourth-order valence-electron chi connectivity index (χ4n) is 5.02. The molecule has 1 aromatic heterocycles. The number of benzene rings is 2. The van der Waals surface area contributed by atoms with Crippen molar-refractivity contribution in [1.82, 2.24) is 4.98 Å². The highest BCUT2D eigenvalue weighted by Gasteiger charge is 2.36. The molecule has 252 valence electrons. The summed E-state index contributed by atoms with van der Waals surface area (Å²) in [5.74, 6) is 0.506. The molecule has 0 aliphatic heterocycles. The lowest BCUT2D eigenvalue weighted by Crippen LogP contribution is -2.28. The van der Waals surface area contributed by atoms with Gasteiger partial charge in [0.25, 0.3) is 0 Å². The van der Waals surface area contributed by atoms with Crippen LogP contribution in [0.3, 0.4) is 0 Å². The molecule has 2 aromatic carbocycles. The van der Waals surface area contributed by atoms with E-state index in [9.17, 15) is 18.0 Å². The summed E-state index contributed by atoms with van der Waals surface area (Å²) in [4.78, 5) is 17.1. The summed E-state index contributed by atoms with van der Waals surface area (Å²) in [6.45, 7) is 4.41. The van der Waals surface area contributed by atoms with E-state index in [0.29, 0.717) is 25.0 Å². The van der Waals surface area contributed by atoms with Crippen LogP contribution < -0.4 is 4.74 Å². The molecule has 1 atom stereocenters. The summed E-state index contributed by atoms with van der Waals surface area (Å²) in [5.41, 5.74) is 4.28. The number of esters is 1. The molecule has 8 heteroatoms. The molecule has 0 N–H and O–H groups in total. The van der Waals surface area contributed by atoms with E-state index >= 15 is 0 Å². The lowest BCUT2D eigenvalue weighted by molar-refractivity contribution is -0.214. The smallest absolute Gasteiger partial charge is 0.414 e. The van der Waals surface area contributed by atoms with Gasteiger partial charge in [0.05, 0.1) is 24.5 Å². The van der Waals surface area contributed by atoms with Gasteiger partial charge in [0, 0.05) is 23.9 Å². The van der Waals surface area contributed by atoms with Crippen molar-refractivity contribution in [3.8, 4) is 28.1 Å². The predicted molar refractivity (Wildman–Crippen MR) is 178 cm³/mol. The van der Waals surface area contributed by atoms with Crippen LogP contribution in [0.25, 0.3) is 22.4 Å². The van der Waals surface area contributed by atoms with Crippen molar-refractivity contribution < 1.29 is 32.2 Å². The van der Waals surface area contributed by atoms with Gasteiger partial charge in [0.2, 0.25) is 0 Å². The van der Waals surface area contributed by atoms with Crippen molar-refractivity contribution in [1.29, 1.82) is 0 Å². The second-order valence-corrected chi connectivity index (χ2v) is 11.8. The van der Waals surface area contributed by atoms with Gasteiger partial charge < -0.3 is 14.2 Å². The Morgan fingerprint density at radius 3 is 1.80 bits per heavy atom. The van der Waals surface area contributed by atoms with Crippen molar-refractivity contribution in [2.24, 2.45) is 0 Å². The molecule has 0 aliphatic carbocycles. The molecule has 3 aromatic rings. The quantitative estimate of drug-likeness (QED) is 0.0807. The zero-order valence-electron chi connectivity index (χ0n) is 27.5. The van der Waals surface area contributed by atoms with Crippen molar-refractivity contribution in [3.63, 3.8) is 0 Å². The van der Waals surface area contributed by atoms with Crippen molar-refractivity contribution in [2.45, 2.75) is 110 Å². The Balaban J connectivity index is 1.32. The lowest BCUT2D eigenvalue weighted by atomic mass is 10.0. The minimum Gasteiger partial charge on any atom is -0.494 e. The average Bonchev–Trinajstić information content (AvgIpc) is 3.06. The number of nitrogens with zero attached hydrogens (tertiary/aromatic N) is 1. The first-order valence-corrected chi connectivity index (χ1v) is 16.9. The first-order chi connectivity index (χ1) is 22.3. The molecule has 0 bridgehead atoms. The first-order valence-electron chi connectivity index (χ1n) is 16.9. The number of carbonyl (C=O) groups excluding carboxylic acids is 1. The van der Waals surface area contributed by atoms with E-state index < -0.39 is 12.3 Å². The molecule has 0 fully saturated rings. The SMILES string of the molecule is CCCCCCCCCCOc1ccc(-c2ccc(-c3ccc(C(=O)OCCCCCCCOC(C)C(F)(F)F)cc3)nc2)cc1. The second kappa shape index (κ2) is 20.7. The van der Waals surface area contributed by atoms with Crippen LogP contribution in [0, 0.1) is 0 Å². The third kappa shape index (κ3) is 13.9. The number of unbranched alkanes of at least 4 members (excludes halogenated alkanes) is 11. The number of ether oxygens (including phenoxy) is 3. The molecule has 46 heavy (non-hydrogen) atoms. The number of rotatable bonds is 22. The highest BCUT2D eigenvalue weighted by atomic mass is 19.4. The number of carbonyl (C=O) groups is 1. The summed E-state index contributed by atoms with van der Waals surface area (Å²) >= 11 is 0. The number of hydrogen-bond donors (Lipinski definition) is 0. The van der Waals surface area contributed by atoms with Gasteiger partial charge >= 0.3 is 12.1 Å². The van der Waals surface area contributed by atoms with Crippen LogP contribution >= 0.6 is 0 Å². The Kier molecular flexibility index (Phi) is 16.7. The molecule has 0 amide bonds. The van der Waals surface area contributed by atoms with E-state index in [1.54, 1.807) is 12.1 Å². The summed E-state index contributed by atoms with van der Waals surface area (Å²) in [7, 11) is 0. The van der Waals surface area contributed by atoms with Crippen molar-refractivity contribution >= 4 is 5.97 Å². The summed E-state index contributed by atoms with van der Waals surface area (Å²) in [6.07, 6.45) is 9.80. The van der Waals surface area contributed by atoms with Crippen LogP contribution in [0.2, 0.25) is 0 Å². The summed E-state index contributed by atoms with van der Waals surface area (Å²) in [5, 5.41) is 0. The Morgan fingerprint density at radius 2 is 1.22 bits per heavy atom. The maximum atomic E-state index is 12.4. The number of pyridine rings is 1. The molecule has 0 spiro atoms. The van der Waals surface area contributed by atoms with Gasteiger partial charge in [-0.05, 0) is 62.1 Å². The van der Waals surface area contributed by atoms with Gasteiger partial charge in [-0.15, -0.1) is 0 Å². The fraction of sp³-hybridized carbons (Fsp3) is 0.526. The summed E-state index contributed by atoms with van der Waals surface area (Å²) < 4.78 is 53.4. The van der Waals surface area contributed by atoms with Gasteiger partial charge in [-0.2, -0.15) is 13.2 Å². The Bertz CT molecular complexity index is 1240. The van der Waals surface area contributed by atoms with Crippen LogP contribution in [0.5, 0.6) is 5.75 Å². The lowest BCUT2D eigenvalue weighted by Gasteiger charge is -2.16. The van der Waals surface area contributed by atoms with Crippen LogP contribution in [-0.4, -0.2) is 43.1 Å². The molecule has 1 unspecified atom stereocenters. The van der Waals surface area contributed by atoms with Crippen LogP contribution in [-0.2, 0) is 9.47 Å². The zero-order chi connectivity index (χ0) is 33.0. The highest BCUT2D eigenvalue weighted by Crippen LogP contribution is 2.26. The minimum atomic E-state index is -4.32. The van der Waals surface area contributed by atoms with Gasteiger partial charge in [0.15, 0.2) is 6.10 Å². The van der Waals surface area contributed by atoms with E-state index in [1.807, 2.05) is 42.6 Å². The molecule has 0 saturated heterocycles. The molecular formula is C38H50F3NO4. The summed E-state index contributed by atoms with van der Waals surface area (Å²) in [6, 6.07) is 19.3. The minimum absolute atomic E-state index is 0.0917. The van der Waals surface area contributed by atoms with E-state index in [1.165, 1.54) is 44.9 Å². The Hall–Kier alpha value is -3.39. The third-order valence-electron chi connectivity index (χ3n) is 7.98.